The molecule has 2 heterocycles. The Hall–Kier alpha value is -2.37. The minimum Gasteiger partial charge on any atom is -0.384 e. The van der Waals surface area contributed by atoms with E-state index in [1.54, 1.807) is 29.1 Å². The average molecular weight is 273 g/mol. The molecule has 0 unspecified atom stereocenters. The first-order valence-corrected chi connectivity index (χ1v) is 6.62. The van der Waals surface area contributed by atoms with Gasteiger partial charge in [0.15, 0.2) is 0 Å². The van der Waals surface area contributed by atoms with Crippen LogP contribution in [0.1, 0.15) is 42.9 Å². The van der Waals surface area contributed by atoms with Crippen molar-refractivity contribution < 1.29 is 4.79 Å². The van der Waals surface area contributed by atoms with Gasteiger partial charge in [0.2, 0.25) is 0 Å². The second-order valence-corrected chi connectivity index (χ2v) is 4.83. The van der Waals surface area contributed by atoms with E-state index in [4.69, 9.17) is 5.73 Å². The third-order valence-electron chi connectivity index (χ3n) is 2.92. The maximum atomic E-state index is 12.3. The molecule has 2 aromatic rings. The fraction of sp³-hybridized carbons (Fsp3) is 0.357. The summed E-state index contributed by atoms with van der Waals surface area (Å²) in [6.45, 7) is 5.97. The van der Waals surface area contributed by atoms with Gasteiger partial charge in [-0.15, -0.1) is 0 Å². The molecule has 1 amide bonds. The normalized spacial score (nSPS) is 10.8. The van der Waals surface area contributed by atoms with Crippen LogP contribution in [0.25, 0.3) is 0 Å². The molecule has 6 nitrogen and oxygen atoms in total. The lowest BCUT2D eigenvalue weighted by Crippen LogP contribution is -2.17. The maximum Gasteiger partial charge on any atom is 0.257 e. The highest BCUT2D eigenvalue weighted by molar-refractivity contribution is 6.04. The number of aryl methyl sites for hydroxylation is 1. The Labute approximate surface area is 118 Å². The summed E-state index contributed by atoms with van der Waals surface area (Å²) in [5.74, 6) is 0.807. The molecule has 0 radical (unpaired) electrons. The fourth-order valence-electron chi connectivity index (χ4n) is 1.94. The summed E-state index contributed by atoms with van der Waals surface area (Å²) in [5, 5.41) is 7.02. The number of rotatable bonds is 4. The lowest BCUT2D eigenvalue weighted by Gasteiger charge is -2.12. The molecule has 0 aromatic carbocycles. The van der Waals surface area contributed by atoms with E-state index in [0.29, 0.717) is 17.2 Å². The third kappa shape index (κ3) is 2.96. The quantitative estimate of drug-likeness (QED) is 0.894. The minimum absolute atomic E-state index is 0.175. The summed E-state index contributed by atoms with van der Waals surface area (Å²) < 4.78 is 1.75. The molecule has 0 spiro atoms. The van der Waals surface area contributed by atoms with E-state index in [1.807, 2.05) is 20.8 Å². The first-order chi connectivity index (χ1) is 9.51. The van der Waals surface area contributed by atoms with Gasteiger partial charge >= 0.3 is 0 Å². The van der Waals surface area contributed by atoms with Gasteiger partial charge in [-0.25, -0.2) is 9.67 Å². The molecule has 0 saturated heterocycles. The van der Waals surface area contributed by atoms with Gasteiger partial charge in [-0.3, -0.25) is 4.79 Å². The van der Waals surface area contributed by atoms with Crippen molar-refractivity contribution in [2.24, 2.45) is 0 Å². The molecule has 0 aliphatic heterocycles. The predicted molar refractivity (Wildman–Crippen MR) is 78.6 cm³/mol. The molecule has 20 heavy (non-hydrogen) atoms. The summed E-state index contributed by atoms with van der Waals surface area (Å²) in [6, 6.07) is 5.27. The fourth-order valence-corrected chi connectivity index (χ4v) is 1.94. The number of nitrogens with two attached hydrogens (primary N) is 1. The van der Waals surface area contributed by atoms with Crippen LogP contribution in [0.15, 0.2) is 24.4 Å². The zero-order chi connectivity index (χ0) is 14.7. The van der Waals surface area contributed by atoms with E-state index in [-0.39, 0.29) is 11.9 Å². The highest BCUT2D eigenvalue weighted by atomic mass is 16.1. The number of nitrogen functional groups attached to an aromatic ring is 1. The Bertz CT molecular complexity index is 618. The van der Waals surface area contributed by atoms with Crippen LogP contribution in [0.3, 0.4) is 0 Å². The first-order valence-electron chi connectivity index (χ1n) is 6.62. The topological polar surface area (TPSA) is 85.8 Å². The summed E-state index contributed by atoms with van der Waals surface area (Å²) in [4.78, 5) is 16.4. The molecule has 0 atom stereocenters. The van der Waals surface area contributed by atoms with Crippen LogP contribution >= 0.6 is 0 Å². The number of pyridine rings is 1. The number of anilines is 2. The van der Waals surface area contributed by atoms with Crippen molar-refractivity contribution in [3.63, 3.8) is 0 Å². The molecule has 2 rings (SSSR count). The largest absolute Gasteiger partial charge is 0.384 e. The molecule has 6 heteroatoms. The maximum absolute atomic E-state index is 12.3. The highest BCUT2D eigenvalue weighted by Crippen LogP contribution is 2.15. The van der Waals surface area contributed by atoms with Gasteiger partial charge in [-0.2, -0.15) is 5.10 Å². The number of nitrogens with one attached hydrogen (secondary N) is 1. The number of nitrogens with zero attached hydrogens (tertiary/aromatic N) is 3. The zero-order valence-electron chi connectivity index (χ0n) is 11.9. The van der Waals surface area contributed by atoms with Crippen LogP contribution < -0.4 is 11.1 Å². The van der Waals surface area contributed by atoms with Gasteiger partial charge in [0.1, 0.15) is 11.6 Å². The van der Waals surface area contributed by atoms with Gasteiger partial charge in [-0.1, -0.05) is 6.92 Å². The number of hydrogen-bond acceptors (Lipinski definition) is 4. The second-order valence-electron chi connectivity index (χ2n) is 4.83. The molecule has 2 aromatic heterocycles. The van der Waals surface area contributed by atoms with Crippen molar-refractivity contribution >= 4 is 17.5 Å². The second kappa shape index (κ2) is 5.73. The van der Waals surface area contributed by atoms with E-state index in [9.17, 15) is 4.79 Å². The number of amides is 1. The number of carbonyl (C=O) groups is 1. The molecule has 106 valence electrons. The molecule has 0 aliphatic carbocycles. The zero-order valence-corrected chi connectivity index (χ0v) is 11.9. The SMILES string of the molecule is CCc1cc(C(=O)Nc2ccnn2C(C)C)cc(N)n1. The Morgan fingerprint density at radius 1 is 1.45 bits per heavy atom. The van der Waals surface area contributed by atoms with Crippen LogP contribution in [0, 0.1) is 0 Å². The van der Waals surface area contributed by atoms with Crippen molar-refractivity contribution in [1.82, 2.24) is 14.8 Å². The van der Waals surface area contributed by atoms with Crippen LogP contribution in [0.5, 0.6) is 0 Å². The lowest BCUT2D eigenvalue weighted by atomic mass is 10.2. The molecular weight excluding hydrogens is 254 g/mol. The van der Waals surface area contributed by atoms with Crippen molar-refractivity contribution in [2.75, 3.05) is 11.1 Å². The first kappa shape index (κ1) is 14.0. The molecule has 3 N–H and O–H groups in total. The summed E-state index contributed by atoms with van der Waals surface area (Å²) in [5.41, 5.74) is 7.02. The van der Waals surface area contributed by atoms with Crippen molar-refractivity contribution in [2.45, 2.75) is 33.2 Å². The number of aromatic nitrogens is 3. The molecule has 0 bridgehead atoms. The minimum atomic E-state index is -0.212. The smallest absolute Gasteiger partial charge is 0.257 e. The van der Waals surface area contributed by atoms with E-state index in [1.165, 1.54) is 0 Å². The lowest BCUT2D eigenvalue weighted by molar-refractivity contribution is 0.102. The standard InChI is InChI=1S/C14H19N5O/c1-4-11-7-10(8-12(15)17-11)14(20)18-13-5-6-16-19(13)9(2)3/h5-9H,4H2,1-3H3,(H2,15,17)(H,18,20). The summed E-state index contributed by atoms with van der Waals surface area (Å²) in [6.07, 6.45) is 2.39. The van der Waals surface area contributed by atoms with Crippen molar-refractivity contribution in [1.29, 1.82) is 0 Å². The van der Waals surface area contributed by atoms with E-state index < -0.39 is 0 Å². The molecular formula is C14H19N5O. The van der Waals surface area contributed by atoms with Gasteiger partial charge < -0.3 is 11.1 Å². The van der Waals surface area contributed by atoms with E-state index in [2.05, 4.69) is 15.4 Å². The van der Waals surface area contributed by atoms with E-state index in [0.717, 1.165) is 12.1 Å². The average Bonchev–Trinajstić information content (AvgIpc) is 2.86. The Morgan fingerprint density at radius 2 is 2.20 bits per heavy atom. The van der Waals surface area contributed by atoms with Gasteiger partial charge in [0, 0.05) is 23.4 Å². The van der Waals surface area contributed by atoms with Crippen LogP contribution in [0.4, 0.5) is 11.6 Å². The number of hydrogen-bond donors (Lipinski definition) is 2. The predicted octanol–water partition coefficient (Wildman–Crippen LogP) is 2.26. The molecule has 0 aliphatic rings. The van der Waals surface area contributed by atoms with Crippen LogP contribution in [0.2, 0.25) is 0 Å². The summed E-state index contributed by atoms with van der Waals surface area (Å²) in [7, 11) is 0. The van der Waals surface area contributed by atoms with Gasteiger partial charge in [0.25, 0.3) is 5.91 Å². The number of carbonyl (C=O) groups excluding carboxylic acids is 1. The third-order valence-corrected chi connectivity index (χ3v) is 2.92. The van der Waals surface area contributed by atoms with E-state index >= 15 is 0 Å². The summed E-state index contributed by atoms with van der Waals surface area (Å²) >= 11 is 0. The highest BCUT2D eigenvalue weighted by Gasteiger charge is 2.12. The molecule has 0 saturated carbocycles. The van der Waals surface area contributed by atoms with Crippen molar-refractivity contribution in [3.05, 3.63) is 35.7 Å². The Balaban J connectivity index is 2.24. The van der Waals surface area contributed by atoms with Gasteiger partial charge in [-0.05, 0) is 32.4 Å². The van der Waals surface area contributed by atoms with Crippen molar-refractivity contribution in [3.8, 4) is 0 Å². The Morgan fingerprint density at radius 3 is 2.85 bits per heavy atom. The Kier molecular flexibility index (Phi) is 4.02. The van der Waals surface area contributed by atoms with Crippen LogP contribution in [-0.4, -0.2) is 20.7 Å². The van der Waals surface area contributed by atoms with Gasteiger partial charge in [0.05, 0.1) is 6.20 Å². The molecule has 0 fully saturated rings. The monoisotopic (exact) mass is 273 g/mol. The van der Waals surface area contributed by atoms with Crippen LogP contribution in [-0.2, 0) is 6.42 Å².